The van der Waals surface area contributed by atoms with Gasteiger partial charge in [-0.3, -0.25) is 4.79 Å². The molecule has 0 unspecified atom stereocenters. The van der Waals surface area contributed by atoms with Crippen LogP contribution in [0.15, 0.2) is 60.7 Å². The number of anilines is 2. The lowest BCUT2D eigenvalue weighted by atomic mass is 10.1. The molecule has 3 heterocycles. The molecule has 0 radical (unpaired) electrons. The van der Waals surface area contributed by atoms with Gasteiger partial charge in [0.05, 0.1) is 11.4 Å². The third-order valence-corrected chi connectivity index (χ3v) is 7.04. The van der Waals surface area contributed by atoms with Crippen molar-refractivity contribution in [1.82, 2.24) is 9.78 Å². The van der Waals surface area contributed by atoms with Gasteiger partial charge in [0, 0.05) is 29.9 Å². The Morgan fingerprint density at radius 3 is 2.47 bits per heavy atom. The van der Waals surface area contributed by atoms with Crippen molar-refractivity contribution in [2.75, 3.05) is 29.9 Å². The topological polar surface area (TPSA) is 76.5 Å². The fourth-order valence-electron chi connectivity index (χ4n) is 4.20. The van der Waals surface area contributed by atoms with Gasteiger partial charge in [0.2, 0.25) is 0 Å². The summed E-state index contributed by atoms with van der Waals surface area (Å²) in [6.07, 6.45) is 3.72. The number of nitrogens with zero attached hydrogens (tertiary/aromatic N) is 3. The molecule has 1 N–H and O–H groups in total. The molecule has 4 aromatic rings. The van der Waals surface area contributed by atoms with E-state index in [1.807, 2.05) is 66.2 Å². The molecule has 1 amide bonds. The number of thiophene rings is 1. The van der Waals surface area contributed by atoms with Crippen LogP contribution in [0.1, 0.15) is 34.6 Å². The molecular formula is C26H26N4O3S. The Balaban J connectivity index is 1.20. The van der Waals surface area contributed by atoms with Gasteiger partial charge in [0.25, 0.3) is 5.91 Å². The third-order valence-electron chi connectivity index (χ3n) is 5.95. The number of hydrogen-bond donors (Lipinski definition) is 1. The van der Waals surface area contributed by atoms with Crippen LogP contribution in [0.5, 0.6) is 0 Å². The molecular weight excluding hydrogens is 448 g/mol. The van der Waals surface area contributed by atoms with Crippen molar-refractivity contribution < 1.29 is 14.3 Å². The lowest BCUT2D eigenvalue weighted by Crippen LogP contribution is -2.29. The average molecular weight is 475 g/mol. The molecule has 0 bridgehead atoms. The number of hydrogen-bond acceptors (Lipinski definition) is 6. The summed E-state index contributed by atoms with van der Waals surface area (Å²) >= 11 is 1.31. The van der Waals surface area contributed by atoms with E-state index in [1.165, 1.54) is 36.3 Å². The molecule has 8 heteroatoms. The van der Waals surface area contributed by atoms with Crippen molar-refractivity contribution in [1.29, 1.82) is 0 Å². The van der Waals surface area contributed by atoms with Crippen LogP contribution >= 0.6 is 11.3 Å². The number of rotatable bonds is 6. The number of fused-ring (bicyclic) bond motifs is 1. The zero-order chi connectivity index (χ0) is 23.5. The number of nitrogens with one attached hydrogen (secondary N) is 1. The van der Waals surface area contributed by atoms with Crippen LogP contribution in [0.4, 0.5) is 11.4 Å². The molecule has 1 saturated heterocycles. The van der Waals surface area contributed by atoms with Crippen LogP contribution in [-0.2, 0) is 9.53 Å². The van der Waals surface area contributed by atoms with Crippen molar-refractivity contribution in [2.24, 2.45) is 0 Å². The number of aromatic nitrogens is 2. The Morgan fingerprint density at radius 1 is 1.00 bits per heavy atom. The molecule has 1 aliphatic heterocycles. The third kappa shape index (κ3) is 4.68. The summed E-state index contributed by atoms with van der Waals surface area (Å²) in [7, 11) is 0. The highest BCUT2D eigenvalue weighted by Crippen LogP contribution is 2.30. The molecule has 0 saturated carbocycles. The average Bonchev–Trinajstić information content (AvgIpc) is 3.45. The Labute approximate surface area is 201 Å². The molecule has 34 heavy (non-hydrogen) atoms. The fourth-order valence-corrected chi connectivity index (χ4v) is 5.28. The molecule has 0 spiro atoms. The number of para-hydroxylation sites is 1. The summed E-state index contributed by atoms with van der Waals surface area (Å²) < 4.78 is 7.11. The minimum Gasteiger partial charge on any atom is -0.451 e. The number of amides is 1. The highest BCUT2D eigenvalue weighted by atomic mass is 32.1. The van der Waals surface area contributed by atoms with Crippen LogP contribution in [0, 0.1) is 6.92 Å². The first-order valence-electron chi connectivity index (χ1n) is 11.4. The van der Waals surface area contributed by atoms with Gasteiger partial charge in [0.15, 0.2) is 6.61 Å². The van der Waals surface area contributed by atoms with Gasteiger partial charge in [0.1, 0.15) is 9.71 Å². The SMILES string of the molecule is Cc1nn(-c2ccccc2)c2sc(C(=O)OCC(=O)Nc3ccc(N4CCCCC4)cc3)cc12. The van der Waals surface area contributed by atoms with Crippen molar-refractivity contribution in [3.8, 4) is 5.69 Å². The molecule has 1 fully saturated rings. The minimum atomic E-state index is -0.518. The van der Waals surface area contributed by atoms with E-state index in [2.05, 4.69) is 15.3 Å². The lowest BCUT2D eigenvalue weighted by Gasteiger charge is -2.28. The number of piperidine rings is 1. The molecule has 5 rings (SSSR count). The summed E-state index contributed by atoms with van der Waals surface area (Å²) in [6, 6.07) is 19.3. The van der Waals surface area contributed by atoms with E-state index in [0.717, 1.165) is 34.7 Å². The van der Waals surface area contributed by atoms with Crippen molar-refractivity contribution >= 4 is 44.8 Å². The first-order valence-corrected chi connectivity index (χ1v) is 12.3. The van der Waals surface area contributed by atoms with Crippen LogP contribution in [0.2, 0.25) is 0 Å². The second-order valence-electron chi connectivity index (χ2n) is 8.38. The summed E-state index contributed by atoms with van der Waals surface area (Å²) in [4.78, 5) is 28.6. The quantitative estimate of drug-likeness (QED) is 0.390. The van der Waals surface area contributed by atoms with E-state index < -0.39 is 5.97 Å². The number of ether oxygens (including phenoxy) is 1. The first-order chi connectivity index (χ1) is 16.6. The molecule has 1 aliphatic rings. The van der Waals surface area contributed by atoms with E-state index in [4.69, 9.17) is 4.74 Å². The van der Waals surface area contributed by atoms with Crippen LogP contribution in [0.25, 0.3) is 15.9 Å². The molecule has 0 aliphatic carbocycles. The van der Waals surface area contributed by atoms with Gasteiger partial charge in [-0.1, -0.05) is 18.2 Å². The van der Waals surface area contributed by atoms with E-state index in [0.29, 0.717) is 10.6 Å². The van der Waals surface area contributed by atoms with E-state index in [1.54, 1.807) is 6.07 Å². The highest BCUT2D eigenvalue weighted by molar-refractivity contribution is 7.20. The number of esters is 1. The van der Waals surface area contributed by atoms with Crippen molar-refractivity contribution in [3.63, 3.8) is 0 Å². The largest absolute Gasteiger partial charge is 0.451 e. The first kappa shape index (κ1) is 22.2. The molecule has 0 atom stereocenters. The Hall–Kier alpha value is -3.65. The zero-order valence-electron chi connectivity index (χ0n) is 19.0. The maximum absolute atomic E-state index is 12.6. The molecule has 7 nitrogen and oxygen atoms in total. The highest BCUT2D eigenvalue weighted by Gasteiger charge is 2.19. The summed E-state index contributed by atoms with van der Waals surface area (Å²) in [5, 5.41) is 8.28. The second kappa shape index (κ2) is 9.69. The predicted octanol–water partition coefficient (Wildman–Crippen LogP) is 5.18. The van der Waals surface area contributed by atoms with Gasteiger partial charge in [-0.25, -0.2) is 9.48 Å². The Morgan fingerprint density at radius 2 is 1.74 bits per heavy atom. The molecule has 2 aromatic heterocycles. The zero-order valence-corrected chi connectivity index (χ0v) is 19.8. The van der Waals surface area contributed by atoms with Crippen molar-refractivity contribution in [2.45, 2.75) is 26.2 Å². The number of carbonyl (C=O) groups excluding carboxylic acids is 2. The monoisotopic (exact) mass is 474 g/mol. The van der Waals surface area contributed by atoms with Crippen LogP contribution in [0.3, 0.4) is 0 Å². The fraction of sp³-hybridized carbons (Fsp3) is 0.269. The Kier molecular flexibility index (Phi) is 6.31. The second-order valence-corrected chi connectivity index (χ2v) is 9.41. The number of benzene rings is 2. The van der Waals surface area contributed by atoms with Crippen LogP contribution < -0.4 is 10.2 Å². The van der Waals surface area contributed by atoms with Gasteiger partial charge in [-0.05, 0) is 68.7 Å². The van der Waals surface area contributed by atoms with Gasteiger partial charge < -0.3 is 15.0 Å². The summed E-state index contributed by atoms with van der Waals surface area (Å²) in [5.41, 5.74) is 3.61. The molecule has 2 aromatic carbocycles. The summed E-state index contributed by atoms with van der Waals surface area (Å²) in [5.74, 6) is -0.886. The van der Waals surface area contributed by atoms with E-state index >= 15 is 0 Å². The normalized spacial score (nSPS) is 13.7. The van der Waals surface area contributed by atoms with Gasteiger partial charge in [-0.15, -0.1) is 11.3 Å². The number of carbonyl (C=O) groups is 2. The minimum absolute atomic E-state index is 0.343. The standard InChI is InChI=1S/C26H26N4O3S/c1-18-22-16-23(34-25(22)30(28-18)21-8-4-2-5-9-21)26(32)33-17-24(31)27-19-10-12-20(13-11-19)29-14-6-3-7-15-29/h2,4-5,8-13,16H,3,6-7,14-15,17H2,1H3,(H,27,31). The van der Waals surface area contributed by atoms with Crippen LogP contribution in [-0.4, -0.2) is 41.4 Å². The van der Waals surface area contributed by atoms with Gasteiger partial charge >= 0.3 is 5.97 Å². The molecule has 174 valence electrons. The van der Waals surface area contributed by atoms with E-state index in [9.17, 15) is 9.59 Å². The smallest absolute Gasteiger partial charge is 0.348 e. The Bertz CT molecular complexity index is 1310. The number of aryl methyl sites for hydroxylation is 1. The predicted molar refractivity (Wildman–Crippen MR) is 135 cm³/mol. The van der Waals surface area contributed by atoms with E-state index in [-0.39, 0.29) is 12.5 Å². The van der Waals surface area contributed by atoms with Gasteiger partial charge in [-0.2, -0.15) is 5.10 Å². The maximum Gasteiger partial charge on any atom is 0.348 e. The maximum atomic E-state index is 12.6. The lowest BCUT2D eigenvalue weighted by molar-refractivity contribution is -0.119. The summed E-state index contributed by atoms with van der Waals surface area (Å²) in [6.45, 7) is 3.71. The van der Waals surface area contributed by atoms with Crippen molar-refractivity contribution in [3.05, 3.63) is 71.2 Å².